The molecule has 0 aliphatic carbocycles. The summed E-state index contributed by atoms with van der Waals surface area (Å²) in [6.07, 6.45) is 3.12. The molecule has 0 bridgehead atoms. The summed E-state index contributed by atoms with van der Waals surface area (Å²) in [6, 6.07) is 1.73. The highest BCUT2D eigenvalue weighted by atomic mass is 32.2. The second-order valence-electron chi connectivity index (χ2n) is 4.16. The van der Waals surface area contributed by atoms with Gasteiger partial charge in [-0.05, 0) is 18.1 Å². The first-order valence-corrected chi connectivity index (χ1v) is 6.96. The van der Waals surface area contributed by atoms with Gasteiger partial charge in [0.05, 0.1) is 17.4 Å². The van der Waals surface area contributed by atoms with Crippen LogP contribution in [-0.4, -0.2) is 30.2 Å². The predicted molar refractivity (Wildman–Crippen MR) is 63.3 cm³/mol. The summed E-state index contributed by atoms with van der Waals surface area (Å²) in [5.41, 5.74) is 1.46. The highest BCUT2D eigenvalue weighted by Crippen LogP contribution is 2.10. The van der Waals surface area contributed by atoms with Crippen LogP contribution in [0.25, 0.3) is 0 Å². The van der Waals surface area contributed by atoms with Gasteiger partial charge in [-0.2, -0.15) is 0 Å². The molecule has 5 nitrogen and oxygen atoms in total. The van der Waals surface area contributed by atoms with Crippen LogP contribution in [0.15, 0.2) is 18.5 Å². The molecule has 0 aromatic carbocycles. The zero-order valence-electron chi connectivity index (χ0n) is 9.75. The molecular formula is C11H15NO4S. The third-order valence-corrected chi connectivity index (χ3v) is 4.02. The van der Waals surface area contributed by atoms with Crippen molar-refractivity contribution in [1.82, 2.24) is 4.98 Å². The number of aliphatic carboxylic acids is 1. The smallest absolute Gasteiger partial charge is 0.307 e. The Labute approximate surface area is 100 Å². The molecule has 6 heteroatoms. The molecule has 0 radical (unpaired) electrons. The molecule has 1 atom stereocenters. The second kappa shape index (κ2) is 5.27. The highest BCUT2D eigenvalue weighted by molar-refractivity contribution is 7.90. The molecule has 1 rings (SSSR count). The number of hydrogen-bond acceptors (Lipinski definition) is 4. The molecule has 0 amide bonds. The Morgan fingerprint density at radius 2 is 2.12 bits per heavy atom. The molecule has 94 valence electrons. The number of aryl methyl sites for hydroxylation is 1. The van der Waals surface area contributed by atoms with Crippen molar-refractivity contribution in [2.24, 2.45) is 5.92 Å². The molecule has 0 aliphatic heterocycles. The lowest BCUT2D eigenvalue weighted by Gasteiger charge is -2.07. The minimum atomic E-state index is -3.42. The number of nitrogens with zero attached hydrogens (tertiary/aromatic N) is 1. The van der Waals surface area contributed by atoms with Gasteiger partial charge < -0.3 is 5.11 Å². The summed E-state index contributed by atoms with van der Waals surface area (Å²) in [5, 5.41) is 8.68. The first-order valence-electron chi connectivity index (χ1n) is 5.14. The number of hydrogen-bond donors (Lipinski definition) is 1. The van der Waals surface area contributed by atoms with Crippen molar-refractivity contribution in [1.29, 1.82) is 0 Å². The van der Waals surface area contributed by atoms with Crippen LogP contribution in [-0.2, 0) is 20.4 Å². The van der Waals surface area contributed by atoms with E-state index >= 15 is 0 Å². The number of carboxylic acid groups (broad SMARTS) is 1. The lowest BCUT2D eigenvalue weighted by atomic mass is 10.2. The summed E-state index contributed by atoms with van der Waals surface area (Å²) in [4.78, 5) is 14.5. The molecule has 0 spiro atoms. The fourth-order valence-electron chi connectivity index (χ4n) is 1.46. The number of sulfone groups is 1. The highest BCUT2D eigenvalue weighted by Gasteiger charge is 2.21. The minimum Gasteiger partial charge on any atom is -0.481 e. The van der Waals surface area contributed by atoms with Gasteiger partial charge in [-0.3, -0.25) is 9.78 Å². The van der Waals surface area contributed by atoms with Crippen LogP contribution in [0.1, 0.15) is 18.1 Å². The Bertz CT molecular complexity index is 510. The van der Waals surface area contributed by atoms with Crippen molar-refractivity contribution in [3.63, 3.8) is 0 Å². The van der Waals surface area contributed by atoms with E-state index in [2.05, 4.69) is 4.98 Å². The first-order chi connectivity index (χ1) is 7.80. The van der Waals surface area contributed by atoms with Crippen LogP contribution in [0.3, 0.4) is 0 Å². The monoisotopic (exact) mass is 257 g/mol. The van der Waals surface area contributed by atoms with Gasteiger partial charge in [0, 0.05) is 12.4 Å². The number of pyridine rings is 1. The maximum absolute atomic E-state index is 11.7. The molecule has 1 N–H and O–H groups in total. The zero-order chi connectivity index (χ0) is 13.1. The molecule has 1 aromatic heterocycles. The maximum atomic E-state index is 11.7. The molecule has 0 aliphatic rings. The second-order valence-corrected chi connectivity index (χ2v) is 6.27. The van der Waals surface area contributed by atoms with E-state index in [-0.39, 0.29) is 11.5 Å². The van der Waals surface area contributed by atoms with Crippen molar-refractivity contribution in [3.8, 4) is 0 Å². The average Bonchev–Trinajstić information content (AvgIpc) is 2.15. The Balaban J connectivity index is 2.77. The van der Waals surface area contributed by atoms with Crippen LogP contribution in [0.4, 0.5) is 0 Å². The Hall–Kier alpha value is -1.43. The van der Waals surface area contributed by atoms with Gasteiger partial charge in [-0.1, -0.05) is 13.0 Å². The molecule has 1 aromatic rings. The van der Waals surface area contributed by atoms with Crippen LogP contribution < -0.4 is 0 Å². The molecule has 1 unspecified atom stereocenters. The van der Waals surface area contributed by atoms with Gasteiger partial charge in [0.1, 0.15) is 0 Å². The molecular weight excluding hydrogens is 242 g/mol. The Kier molecular flexibility index (Phi) is 4.22. The number of aromatic nitrogens is 1. The number of carboxylic acids is 1. The van der Waals surface area contributed by atoms with E-state index in [1.807, 2.05) is 6.92 Å². The largest absolute Gasteiger partial charge is 0.481 e. The Morgan fingerprint density at radius 1 is 1.47 bits per heavy atom. The fraction of sp³-hybridized carbons (Fsp3) is 0.455. The predicted octanol–water partition coefficient (Wildman–Crippen LogP) is 1.03. The topological polar surface area (TPSA) is 84.3 Å². The molecule has 0 fully saturated rings. The fourth-order valence-corrected chi connectivity index (χ4v) is 3.15. The molecule has 17 heavy (non-hydrogen) atoms. The third kappa shape index (κ3) is 4.52. The van der Waals surface area contributed by atoms with Crippen molar-refractivity contribution < 1.29 is 18.3 Å². The van der Waals surface area contributed by atoms with Gasteiger partial charge >= 0.3 is 5.97 Å². The molecule has 1 heterocycles. The van der Waals surface area contributed by atoms with E-state index in [4.69, 9.17) is 5.11 Å². The van der Waals surface area contributed by atoms with Crippen LogP contribution in [0.5, 0.6) is 0 Å². The third-order valence-electron chi connectivity index (χ3n) is 2.24. The van der Waals surface area contributed by atoms with E-state index in [0.717, 1.165) is 5.56 Å². The van der Waals surface area contributed by atoms with Crippen LogP contribution in [0.2, 0.25) is 0 Å². The maximum Gasteiger partial charge on any atom is 0.307 e. The first kappa shape index (κ1) is 13.6. The van der Waals surface area contributed by atoms with Crippen LogP contribution >= 0.6 is 0 Å². The summed E-state index contributed by atoms with van der Waals surface area (Å²) in [7, 11) is -3.42. The van der Waals surface area contributed by atoms with E-state index < -0.39 is 21.7 Å². The van der Waals surface area contributed by atoms with Gasteiger partial charge in [0.2, 0.25) is 0 Å². The number of carbonyl (C=O) groups is 1. The van der Waals surface area contributed by atoms with Crippen molar-refractivity contribution in [2.45, 2.75) is 19.6 Å². The van der Waals surface area contributed by atoms with E-state index in [1.54, 1.807) is 12.3 Å². The lowest BCUT2D eigenvalue weighted by molar-refractivity contribution is -0.140. The van der Waals surface area contributed by atoms with E-state index in [1.165, 1.54) is 13.1 Å². The normalized spacial score (nSPS) is 13.3. The van der Waals surface area contributed by atoms with E-state index in [0.29, 0.717) is 5.56 Å². The summed E-state index contributed by atoms with van der Waals surface area (Å²) >= 11 is 0. The summed E-state index contributed by atoms with van der Waals surface area (Å²) in [5.74, 6) is -2.51. The molecule has 0 saturated heterocycles. The molecule has 0 saturated carbocycles. The van der Waals surface area contributed by atoms with Crippen molar-refractivity contribution >= 4 is 15.8 Å². The van der Waals surface area contributed by atoms with Gasteiger partial charge in [0.15, 0.2) is 9.84 Å². The Morgan fingerprint density at radius 3 is 2.65 bits per heavy atom. The average molecular weight is 257 g/mol. The standard InChI is InChI=1S/C11H15NO4S/c1-8-3-10(5-12-4-8)7-17(15,16)6-9(2)11(13)14/h3-5,9H,6-7H2,1-2H3,(H,13,14). The van der Waals surface area contributed by atoms with E-state index in [9.17, 15) is 13.2 Å². The summed E-state index contributed by atoms with van der Waals surface area (Å²) in [6.45, 7) is 3.21. The zero-order valence-corrected chi connectivity index (χ0v) is 10.6. The quantitative estimate of drug-likeness (QED) is 0.851. The van der Waals surface area contributed by atoms with Crippen molar-refractivity contribution in [3.05, 3.63) is 29.6 Å². The van der Waals surface area contributed by atoms with Crippen molar-refractivity contribution in [2.75, 3.05) is 5.75 Å². The summed E-state index contributed by atoms with van der Waals surface area (Å²) < 4.78 is 23.5. The van der Waals surface area contributed by atoms with Crippen LogP contribution in [0, 0.1) is 12.8 Å². The SMILES string of the molecule is Cc1cncc(CS(=O)(=O)CC(C)C(=O)O)c1. The van der Waals surface area contributed by atoms with Gasteiger partial charge in [0.25, 0.3) is 0 Å². The van der Waals surface area contributed by atoms with Gasteiger partial charge in [-0.15, -0.1) is 0 Å². The lowest BCUT2D eigenvalue weighted by Crippen LogP contribution is -2.22. The number of rotatable bonds is 5. The minimum absolute atomic E-state index is 0.167. The van der Waals surface area contributed by atoms with Gasteiger partial charge in [-0.25, -0.2) is 8.42 Å².